The molecule has 0 heterocycles. The van der Waals surface area contributed by atoms with Crippen LogP contribution in [0.25, 0.3) is 0 Å². The van der Waals surface area contributed by atoms with Crippen molar-refractivity contribution in [3.8, 4) is 0 Å². The number of nitrogens with one attached hydrogen (secondary N) is 2. The maximum absolute atomic E-state index is 11.3. The fraction of sp³-hybridized carbons (Fsp3) is 0.588. The summed E-state index contributed by atoms with van der Waals surface area (Å²) in [5.41, 5.74) is -0.112. The van der Waals surface area contributed by atoms with E-state index < -0.39 is 9.84 Å². The summed E-state index contributed by atoms with van der Waals surface area (Å²) < 4.78 is 22.6. The first-order valence-electron chi connectivity index (χ1n) is 8.02. The molecule has 0 aliphatic rings. The molecule has 0 aliphatic carbocycles. The van der Waals surface area contributed by atoms with E-state index >= 15 is 0 Å². The molecule has 0 spiro atoms. The zero-order valence-electron chi connectivity index (χ0n) is 15.0. The topological polar surface area (TPSA) is 70.6 Å². The summed E-state index contributed by atoms with van der Waals surface area (Å²) in [6.45, 7) is 5.60. The van der Waals surface area contributed by atoms with E-state index in [9.17, 15) is 8.42 Å². The molecule has 0 atom stereocenters. The number of nitrogens with zero attached hydrogens (tertiary/aromatic N) is 1. The molecule has 24 heavy (non-hydrogen) atoms. The molecule has 0 unspecified atom stereocenters. The number of benzene rings is 1. The van der Waals surface area contributed by atoms with Crippen molar-refractivity contribution in [3.63, 3.8) is 0 Å². The van der Waals surface area contributed by atoms with E-state index in [-0.39, 0.29) is 11.2 Å². The lowest BCUT2D eigenvalue weighted by Crippen LogP contribution is -2.43. The molecule has 0 saturated carbocycles. The summed E-state index contributed by atoms with van der Waals surface area (Å²) in [6, 6.07) is 10.3. The van der Waals surface area contributed by atoms with Crippen LogP contribution in [0, 0.1) is 5.41 Å². The standard InChI is InChI=1S/C17H29N3O2S2/c1-17(2,10-13-24(4,21)22)14-20-16(18-3)19-11-12-23-15-8-6-5-7-9-15/h5-9H,10-14H2,1-4H3,(H2,18,19,20). The smallest absolute Gasteiger partial charge is 0.191 e. The second-order valence-electron chi connectivity index (χ2n) is 6.56. The second-order valence-corrected chi connectivity index (χ2v) is 9.99. The first-order valence-corrected chi connectivity index (χ1v) is 11.1. The highest BCUT2D eigenvalue weighted by molar-refractivity contribution is 7.99. The Bertz CT molecular complexity index is 614. The summed E-state index contributed by atoms with van der Waals surface area (Å²) in [4.78, 5) is 5.47. The monoisotopic (exact) mass is 371 g/mol. The molecule has 5 nitrogen and oxygen atoms in total. The van der Waals surface area contributed by atoms with Crippen molar-refractivity contribution in [2.75, 3.05) is 37.9 Å². The predicted octanol–water partition coefficient (Wildman–Crippen LogP) is 2.40. The van der Waals surface area contributed by atoms with Crippen LogP contribution in [0.2, 0.25) is 0 Å². The molecule has 0 aliphatic heterocycles. The van der Waals surface area contributed by atoms with E-state index in [1.165, 1.54) is 11.2 Å². The number of rotatable bonds is 9. The van der Waals surface area contributed by atoms with Gasteiger partial charge in [-0.2, -0.15) is 0 Å². The summed E-state index contributed by atoms with van der Waals surface area (Å²) >= 11 is 1.80. The maximum atomic E-state index is 11.3. The quantitative estimate of drug-likeness (QED) is 0.302. The number of sulfone groups is 1. The molecule has 0 aromatic heterocycles. The molecule has 1 aromatic carbocycles. The van der Waals surface area contributed by atoms with Crippen LogP contribution in [0.3, 0.4) is 0 Å². The Hall–Kier alpha value is -1.21. The zero-order chi connectivity index (χ0) is 18.1. The Morgan fingerprint density at radius 1 is 1.21 bits per heavy atom. The van der Waals surface area contributed by atoms with Gasteiger partial charge in [0.1, 0.15) is 9.84 Å². The first kappa shape index (κ1) is 20.8. The summed E-state index contributed by atoms with van der Waals surface area (Å²) in [7, 11) is -1.18. The van der Waals surface area contributed by atoms with Gasteiger partial charge in [0.05, 0.1) is 5.75 Å². The van der Waals surface area contributed by atoms with E-state index in [4.69, 9.17) is 0 Å². The van der Waals surface area contributed by atoms with Crippen LogP contribution < -0.4 is 10.6 Å². The van der Waals surface area contributed by atoms with Crippen molar-refractivity contribution < 1.29 is 8.42 Å². The second kappa shape index (κ2) is 9.93. The predicted molar refractivity (Wildman–Crippen MR) is 105 cm³/mol. The molecular weight excluding hydrogens is 342 g/mol. The lowest BCUT2D eigenvalue weighted by molar-refractivity contribution is 0.348. The molecular formula is C17H29N3O2S2. The average Bonchev–Trinajstić information content (AvgIpc) is 2.53. The highest BCUT2D eigenvalue weighted by Crippen LogP contribution is 2.19. The summed E-state index contributed by atoms with van der Waals surface area (Å²) in [6.07, 6.45) is 1.90. The van der Waals surface area contributed by atoms with Crippen LogP contribution in [-0.2, 0) is 9.84 Å². The third-order valence-electron chi connectivity index (χ3n) is 3.51. The van der Waals surface area contributed by atoms with Crippen LogP contribution >= 0.6 is 11.8 Å². The highest BCUT2D eigenvalue weighted by Gasteiger charge is 2.20. The minimum atomic E-state index is -2.92. The van der Waals surface area contributed by atoms with Crippen molar-refractivity contribution in [3.05, 3.63) is 30.3 Å². The number of hydrogen-bond donors (Lipinski definition) is 2. The zero-order valence-corrected chi connectivity index (χ0v) is 16.6. The molecule has 0 bridgehead atoms. The van der Waals surface area contributed by atoms with Crippen molar-refractivity contribution in [2.45, 2.75) is 25.2 Å². The highest BCUT2D eigenvalue weighted by atomic mass is 32.2. The third kappa shape index (κ3) is 9.82. The van der Waals surface area contributed by atoms with Gasteiger partial charge in [0.2, 0.25) is 0 Å². The van der Waals surface area contributed by atoms with E-state index in [0.29, 0.717) is 13.0 Å². The number of guanidine groups is 1. The van der Waals surface area contributed by atoms with Gasteiger partial charge in [-0.15, -0.1) is 11.8 Å². The number of thioether (sulfide) groups is 1. The molecule has 0 saturated heterocycles. The van der Waals surface area contributed by atoms with Crippen LogP contribution in [0.4, 0.5) is 0 Å². The molecule has 0 fully saturated rings. The van der Waals surface area contributed by atoms with E-state index in [0.717, 1.165) is 18.3 Å². The summed E-state index contributed by atoms with van der Waals surface area (Å²) in [5.74, 6) is 1.90. The van der Waals surface area contributed by atoms with Gasteiger partial charge in [-0.3, -0.25) is 4.99 Å². The molecule has 0 radical (unpaired) electrons. The lowest BCUT2D eigenvalue weighted by atomic mass is 9.90. The Kier molecular flexibility index (Phi) is 8.62. The van der Waals surface area contributed by atoms with Gasteiger partial charge < -0.3 is 10.6 Å². The largest absolute Gasteiger partial charge is 0.356 e. The Labute approximate surface area is 150 Å². The van der Waals surface area contributed by atoms with Crippen LogP contribution in [0.1, 0.15) is 20.3 Å². The number of aliphatic imine (C=N–C) groups is 1. The van der Waals surface area contributed by atoms with Crippen LogP contribution in [0.5, 0.6) is 0 Å². The fourth-order valence-electron chi connectivity index (χ4n) is 1.95. The fourth-order valence-corrected chi connectivity index (χ4v) is 3.66. The minimum Gasteiger partial charge on any atom is -0.356 e. The van der Waals surface area contributed by atoms with Crippen molar-refractivity contribution in [2.24, 2.45) is 10.4 Å². The van der Waals surface area contributed by atoms with Crippen molar-refractivity contribution >= 4 is 27.6 Å². The normalized spacial score (nSPS) is 12.9. The van der Waals surface area contributed by atoms with Crippen molar-refractivity contribution in [1.82, 2.24) is 10.6 Å². The van der Waals surface area contributed by atoms with E-state index in [2.05, 4.69) is 41.6 Å². The SMILES string of the molecule is CN=C(NCCSc1ccccc1)NCC(C)(C)CCS(C)(=O)=O. The molecule has 7 heteroatoms. The molecule has 2 N–H and O–H groups in total. The van der Waals surface area contributed by atoms with Gasteiger partial charge in [-0.25, -0.2) is 8.42 Å². The first-order chi connectivity index (χ1) is 11.2. The Morgan fingerprint density at radius 2 is 1.88 bits per heavy atom. The van der Waals surface area contributed by atoms with Gasteiger partial charge in [0.15, 0.2) is 5.96 Å². The van der Waals surface area contributed by atoms with Gasteiger partial charge in [0.25, 0.3) is 0 Å². The summed E-state index contributed by atoms with van der Waals surface area (Å²) in [5, 5.41) is 6.56. The molecule has 0 amide bonds. The number of hydrogen-bond acceptors (Lipinski definition) is 4. The van der Waals surface area contributed by atoms with Crippen LogP contribution in [0.15, 0.2) is 40.2 Å². The van der Waals surface area contributed by atoms with Gasteiger partial charge in [-0.1, -0.05) is 32.0 Å². The van der Waals surface area contributed by atoms with E-state index in [1.54, 1.807) is 18.8 Å². The van der Waals surface area contributed by atoms with Gasteiger partial charge in [-0.05, 0) is 24.0 Å². The third-order valence-corrected chi connectivity index (χ3v) is 5.47. The maximum Gasteiger partial charge on any atom is 0.191 e. The van der Waals surface area contributed by atoms with Crippen LogP contribution in [-0.4, -0.2) is 52.3 Å². The van der Waals surface area contributed by atoms with E-state index in [1.807, 2.05) is 18.2 Å². The van der Waals surface area contributed by atoms with Crippen molar-refractivity contribution in [1.29, 1.82) is 0 Å². The molecule has 1 rings (SSSR count). The Morgan fingerprint density at radius 3 is 2.46 bits per heavy atom. The minimum absolute atomic E-state index is 0.112. The molecule has 136 valence electrons. The Balaban J connectivity index is 2.29. The molecule has 1 aromatic rings. The van der Waals surface area contributed by atoms with Gasteiger partial charge >= 0.3 is 0 Å². The average molecular weight is 372 g/mol. The lowest BCUT2D eigenvalue weighted by Gasteiger charge is -2.25. The van der Waals surface area contributed by atoms with Gasteiger partial charge in [0, 0.05) is 37.0 Å².